The fourth-order valence-corrected chi connectivity index (χ4v) is 3.50. The number of aromatic nitrogens is 2. The monoisotopic (exact) mass is 378 g/mol. The van der Waals surface area contributed by atoms with Crippen LogP contribution in [-0.4, -0.2) is 18.1 Å². The van der Waals surface area contributed by atoms with E-state index in [0.29, 0.717) is 0 Å². The molecule has 4 aromatic rings. The second-order valence-corrected chi connectivity index (χ2v) is 6.38. The maximum atomic E-state index is 6.09. The van der Waals surface area contributed by atoms with Crippen LogP contribution in [0.5, 0.6) is 0 Å². The van der Waals surface area contributed by atoms with E-state index in [9.17, 15) is 0 Å². The lowest BCUT2D eigenvalue weighted by atomic mass is 10.1. The SMILES string of the molecule is CCN(CC)c1ccc2nc3ccc(N)cc3[n+](-c3ccccc3)c2c1.[Cl-]. The van der Waals surface area contributed by atoms with Gasteiger partial charge in [-0.2, -0.15) is 0 Å². The Hall–Kier alpha value is -2.85. The molecule has 4 nitrogen and oxygen atoms in total. The summed E-state index contributed by atoms with van der Waals surface area (Å²) >= 11 is 0. The van der Waals surface area contributed by atoms with Crippen LogP contribution in [-0.2, 0) is 0 Å². The highest BCUT2D eigenvalue weighted by molar-refractivity contribution is 5.85. The minimum atomic E-state index is 0. The van der Waals surface area contributed by atoms with Crippen molar-refractivity contribution in [3.8, 4) is 5.69 Å². The predicted octanol–water partition coefficient (Wildman–Crippen LogP) is 1.10. The van der Waals surface area contributed by atoms with E-state index in [-0.39, 0.29) is 12.4 Å². The molecule has 0 bridgehead atoms. The minimum absolute atomic E-state index is 0. The van der Waals surface area contributed by atoms with Crippen molar-refractivity contribution in [3.63, 3.8) is 0 Å². The number of hydrogen-bond acceptors (Lipinski definition) is 3. The van der Waals surface area contributed by atoms with Crippen LogP contribution in [0.15, 0.2) is 66.7 Å². The summed E-state index contributed by atoms with van der Waals surface area (Å²) in [7, 11) is 0. The normalized spacial score (nSPS) is 10.7. The lowest BCUT2D eigenvalue weighted by Gasteiger charge is -2.20. The molecule has 1 heterocycles. The predicted molar refractivity (Wildman–Crippen MR) is 109 cm³/mol. The fraction of sp³-hybridized carbons (Fsp3) is 0.182. The topological polar surface area (TPSA) is 46.0 Å². The molecule has 0 saturated carbocycles. The van der Waals surface area contributed by atoms with Gasteiger partial charge in [-0.25, -0.2) is 4.98 Å². The van der Waals surface area contributed by atoms with Gasteiger partial charge in [0.25, 0.3) is 0 Å². The molecule has 0 spiro atoms. The van der Waals surface area contributed by atoms with E-state index in [1.807, 2.05) is 24.3 Å². The van der Waals surface area contributed by atoms with Crippen molar-refractivity contribution < 1.29 is 17.0 Å². The highest BCUT2D eigenvalue weighted by Crippen LogP contribution is 2.23. The molecule has 1 aromatic heterocycles. The number of halogens is 1. The second kappa shape index (κ2) is 7.80. The van der Waals surface area contributed by atoms with Crippen molar-refractivity contribution >= 4 is 33.4 Å². The van der Waals surface area contributed by atoms with Crippen LogP contribution in [0.2, 0.25) is 0 Å². The molecule has 0 aliphatic carbocycles. The molecule has 3 aromatic carbocycles. The Labute approximate surface area is 165 Å². The maximum Gasteiger partial charge on any atom is 0.239 e. The van der Waals surface area contributed by atoms with Crippen molar-refractivity contribution in [2.45, 2.75) is 13.8 Å². The van der Waals surface area contributed by atoms with Gasteiger partial charge >= 0.3 is 0 Å². The number of para-hydroxylation sites is 1. The van der Waals surface area contributed by atoms with Crippen LogP contribution < -0.4 is 27.6 Å². The van der Waals surface area contributed by atoms with Crippen LogP contribution in [0.1, 0.15) is 13.8 Å². The zero-order chi connectivity index (χ0) is 18.1. The van der Waals surface area contributed by atoms with Crippen LogP contribution >= 0.6 is 0 Å². The van der Waals surface area contributed by atoms with Gasteiger partial charge in [-0.3, -0.25) is 0 Å². The van der Waals surface area contributed by atoms with Crippen molar-refractivity contribution in [1.29, 1.82) is 0 Å². The summed E-state index contributed by atoms with van der Waals surface area (Å²) < 4.78 is 2.25. The molecular formula is C22H23ClN4. The molecule has 0 radical (unpaired) electrons. The van der Waals surface area contributed by atoms with E-state index < -0.39 is 0 Å². The van der Waals surface area contributed by atoms with Gasteiger partial charge in [0, 0.05) is 48.7 Å². The zero-order valence-electron chi connectivity index (χ0n) is 15.6. The number of benzene rings is 3. The van der Waals surface area contributed by atoms with E-state index in [2.05, 4.69) is 65.8 Å². The lowest BCUT2D eigenvalue weighted by molar-refractivity contribution is -0.538. The van der Waals surface area contributed by atoms with Crippen molar-refractivity contribution in [1.82, 2.24) is 4.98 Å². The van der Waals surface area contributed by atoms with E-state index in [0.717, 1.165) is 46.5 Å². The van der Waals surface area contributed by atoms with Crippen molar-refractivity contribution in [3.05, 3.63) is 66.7 Å². The van der Waals surface area contributed by atoms with E-state index in [4.69, 9.17) is 10.7 Å². The third-order valence-corrected chi connectivity index (χ3v) is 4.82. The molecule has 0 amide bonds. The van der Waals surface area contributed by atoms with Gasteiger partial charge in [-0.1, -0.05) is 18.2 Å². The number of hydrogen-bond donors (Lipinski definition) is 1. The standard InChI is InChI=1S/C22H22N4.ClH/c1-3-25(4-2)18-11-13-20-22(15-18)26(17-8-6-5-7-9-17)21-14-16(23)10-12-19(21)24-20;/h5-15,23H,3-4H2,1-2H3;1H. The smallest absolute Gasteiger partial charge is 0.239 e. The number of nitrogen functional groups attached to an aromatic ring is 1. The van der Waals surface area contributed by atoms with Gasteiger partial charge in [0.2, 0.25) is 16.7 Å². The van der Waals surface area contributed by atoms with E-state index >= 15 is 0 Å². The van der Waals surface area contributed by atoms with Crippen LogP contribution in [0.3, 0.4) is 0 Å². The Balaban J connectivity index is 0.00000210. The van der Waals surface area contributed by atoms with Gasteiger partial charge in [0.05, 0.1) is 0 Å². The first-order valence-electron chi connectivity index (χ1n) is 9.06. The summed E-state index contributed by atoms with van der Waals surface area (Å²) in [6.45, 7) is 6.30. The number of rotatable bonds is 4. The van der Waals surface area contributed by atoms with Crippen molar-refractivity contribution in [2.24, 2.45) is 0 Å². The molecule has 0 aliphatic rings. The summed E-state index contributed by atoms with van der Waals surface area (Å²) in [5.41, 5.74) is 13.1. The molecule has 0 atom stereocenters. The highest BCUT2D eigenvalue weighted by atomic mass is 35.5. The van der Waals surface area contributed by atoms with Crippen LogP contribution in [0.4, 0.5) is 11.4 Å². The maximum absolute atomic E-state index is 6.09. The van der Waals surface area contributed by atoms with Gasteiger partial charge in [0.1, 0.15) is 11.0 Å². The molecule has 0 unspecified atom stereocenters. The first kappa shape index (κ1) is 18.9. The molecular weight excluding hydrogens is 356 g/mol. The molecule has 0 aliphatic heterocycles. The Morgan fingerprint density at radius 1 is 0.852 bits per heavy atom. The molecule has 5 heteroatoms. The second-order valence-electron chi connectivity index (χ2n) is 6.38. The van der Waals surface area contributed by atoms with E-state index in [1.165, 1.54) is 5.69 Å². The van der Waals surface area contributed by atoms with Crippen molar-refractivity contribution in [2.75, 3.05) is 23.7 Å². The van der Waals surface area contributed by atoms with Gasteiger partial charge in [-0.05, 0) is 38.1 Å². The fourth-order valence-electron chi connectivity index (χ4n) is 3.50. The lowest BCUT2D eigenvalue weighted by Crippen LogP contribution is -3.00. The molecule has 2 N–H and O–H groups in total. The molecule has 0 saturated heterocycles. The number of fused-ring (bicyclic) bond motifs is 2. The average Bonchev–Trinajstić information content (AvgIpc) is 2.68. The first-order chi connectivity index (χ1) is 12.7. The molecule has 27 heavy (non-hydrogen) atoms. The summed E-state index contributed by atoms with van der Waals surface area (Å²) in [6.07, 6.45) is 0. The summed E-state index contributed by atoms with van der Waals surface area (Å²) in [5.74, 6) is 0. The Bertz CT molecular complexity index is 1080. The number of nitrogens with two attached hydrogens (primary N) is 1. The molecule has 4 rings (SSSR count). The molecule has 138 valence electrons. The summed E-state index contributed by atoms with van der Waals surface area (Å²) in [4.78, 5) is 7.21. The van der Waals surface area contributed by atoms with Crippen LogP contribution in [0.25, 0.3) is 27.8 Å². The first-order valence-corrected chi connectivity index (χ1v) is 9.06. The molecule has 0 fully saturated rings. The summed E-state index contributed by atoms with van der Waals surface area (Å²) in [5, 5.41) is 0. The summed E-state index contributed by atoms with van der Waals surface area (Å²) in [6, 6.07) is 22.8. The highest BCUT2D eigenvalue weighted by Gasteiger charge is 2.20. The quantitative estimate of drug-likeness (QED) is 0.328. The van der Waals surface area contributed by atoms with Crippen LogP contribution in [0, 0.1) is 0 Å². The van der Waals surface area contributed by atoms with Gasteiger partial charge in [0.15, 0.2) is 0 Å². The minimum Gasteiger partial charge on any atom is -1.00 e. The number of nitrogens with zero attached hydrogens (tertiary/aromatic N) is 3. The zero-order valence-corrected chi connectivity index (χ0v) is 16.3. The Morgan fingerprint density at radius 3 is 2.15 bits per heavy atom. The Morgan fingerprint density at radius 2 is 1.48 bits per heavy atom. The van der Waals surface area contributed by atoms with Gasteiger partial charge in [-0.15, -0.1) is 4.57 Å². The third-order valence-electron chi connectivity index (χ3n) is 4.82. The average molecular weight is 379 g/mol. The largest absolute Gasteiger partial charge is 1.00 e. The third kappa shape index (κ3) is 3.40. The number of anilines is 2. The van der Waals surface area contributed by atoms with Gasteiger partial charge < -0.3 is 23.0 Å². The van der Waals surface area contributed by atoms with E-state index in [1.54, 1.807) is 0 Å². The Kier molecular flexibility index (Phi) is 5.47.